The van der Waals surface area contributed by atoms with Crippen molar-refractivity contribution in [1.82, 2.24) is 9.55 Å². The highest BCUT2D eigenvalue weighted by molar-refractivity contribution is 8.36. The fourth-order valence-electron chi connectivity index (χ4n) is 2.41. The topological polar surface area (TPSA) is 44.1 Å². The van der Waals surface area contributed by atoms with Gasteiger partial charge in [0.05, 0.1) is 30.2 Å². The van der Waals surface area contributed by atoms with Gasteiger partial charge in [0.15, 0.2) is 0 Å². The van der Waals surface area contributed by atoms with Crippen LogP contribution in [0.2, 0.25) is 15.1 Å². The molecule has 1 heterocycles. The Labute approximate surface area is 186 Å². The normalized spacial score (nSPS) is 12.1. The van der Waals surface area contributed by atoms with Gasteiger partial charge < -0.3 is 8.75 Å². The van der Waals surface area contributed by atoms with Gasteiger partial charge in [-0.1, -0.05) is 64.8 Å². The van der Waals surface area contributed by atoms with Crippen LogP contribution >= 0.6 is 58.6 Å². The number of rotatable bonds is 7. The molecule has 0 spiro atoms. The minimum Gasteiger partial charge on any atom is -0.336 e. The largest absolute Gasteiger partial charge is 0.336 e. The van der Waals surface area contributed by atoms with E-state index in [1.54, 1.807) is 36.8 Å². The third-order valence-electron chi connectivity index (χ3n) is 3.75. The minimum absolute atomic E-state index is 0.162. The molecule has 1 aromatic heterocycles. The second-order valence-corrected chi connectivity index (χ2v) is 9.24. The van der Waals surface area contributed by atoms with E-state index in [-0.39, 0.29) is 9.70 Å². The van der Waals surface area contributed by atoms with Gasteiger partial charge in [-0.15, -0.1) is 0 Å². The highest BCUT2D eigenvalue weighted by atomic mass is 35.5. The summed E-state index contributed by atoms with van der Waals surface area (Å²) in [5.41, 5.74) is 1.77. The first kappa shape index (κ1) is 21.6. The van der Waals surface area contributed by atoms with Crippen LogP contribution in [0.3, 0.4) is 0 Å². The number of carbonyl (C=O) groups excluding carboxylic acids is 1. The van der Waals surface area contributed by atoms with Crippen molar-refractivity contribution in [2.45, 2.75) is 18.4 Å². The third-order valence-corrected chi connectivity index (χ3v) is 6.31. The zero-order valence-corrected chi connectivity index (χ0v) is 18.3. The van der Waals surface area contributed by atoms with Gasteiger partial charge in [-0.2, -0.15) is 0 Å². The molecule has 0 fully saturated rings. The molecule has 0 saturated carbocycles. The van der Waals surface area contributed by atoms with Crippen molar-refractivity contribution in [3.8, 4) is 0 Å². The Morgan fingerprint density at radius 3 is 2.54 bits per heavy atom. The summed E-state index contributed by atoms with van der Waals surface area (Å²) in [5.74, 6) is 0. The van der Waals surface area contributed by atoms with Gasteiger partial charge in [0.1, 0.15) is 0 Å². The van der Waals surface area contributed by atoms with E-state index in [9.17, 15) is 4.79 Å². The fourth-order valence-corrected chi connectivity index (χ4v) is 4.89. The molecule has 9 heteroatoms. The van der Waals surface area contributed by atoms with Crippen LogP contribution in [0, 0.1) is 0 Å². The SMILES string of the molecule is O=C(SOCc1ccc(Cl)cc1)SC(Cn1ccnc1)c1ccc(Cl)cc1Cl. The summed E-state index contributed by atoms with van der Waals surface area (Å²) in [6.45, 7) is 0.845. The average molecular weight is 474 g/mol. The van der Waals surface area contributed by atoms with Gasteiger partial charge in [-0.05, 0) is 35.4 Å². The Bertz CT molecular complexity index is 921. The second-order valence-electron chi connectivity index (χ2n) is 5.75. The predicted octanol–water partition coefficient (Wildman–Crippen LogP) is 7.30. The van der Waals surface area contributed by atoms with E-state index >= 15 is 0 Å². The zero-order valence-electron chi connectivity index (χ0n) is 14.4. The average Bonchev–Trinajstić information content (AvgIpc) is 3.16. The fraction of sp³-hybridized carbons (Fsp3) is 0.158. The molecule has 0 amide bonds. The van der Waals surface area contributed by atoms with Crippen LogP contribution in [0.25, 0.3) is 0 Å². The van der Waals surface area contributed by atoms with E-state index in [2.05, 4.69) is 4.98 Å². The van der Waals surface area contributed by atoms with Crippen molar-refractivity contribution in [1.29, 1.82) is 0 Å². The molecule has 2 aromatic carbocycles. The number of carbonyl (C=O) groups is 1. The first-order valence-electron chi connectivity index (χ1n) is 8.16. The molecule has 0 aliphatic carbocycles. The summed E-state index contributed by atoms with van der Waals surface area (Å²) in [5, 5.41) is 1.51. The van der Waals surface area contributed by atoms with Crippen LogP contribution in [0.4, 0.5) is 4.79 Å². The second kappa shape index (κ2) is 10.6. The monoisotopic (exact) mass is 472 g/mol. The molecule has 0 radical (unpaired) electrons. The lowest BCUT2D eigenvalue weighted by atomic mass is 10.1. The number of halogens is 3. The number of thioether (sulfide) groups is 1. The summed E-state index contributed by atoms with van der Waals surface area (Å²) in [6.07, 6.45) is 5.23. The van der Waals surface area contributed by atoms with E-state index in [4.69, 9.17) is 39.0 Å². The van der Waals surface area contributed by atoms with Crippen LogP contribution in [0.5, 0.6) is 0 Å². The molecule has 4 nitrogen and oxygen atoms in total. The van der Waals surface area contributed by atoms with Gasteiger partial charge in [-0.3, -0.25) is 4.79 Å². The number of aromatic nitrogens is 2. The summed E-state index contributed by atoms with van der Waals surface area (Å²) >= 11 is 20.2. The zero-order chi connectivity index (χ0) is 19.9. The Hall–Kier alpha value is -1.15. The number of nitrogens with zero attached hydrogens (tertiary/aromatic N) is 2. The Morgan fingerprint density at radius 2 is 1.86 bits per heavy atom. The maximum absolute atomic E-state index is 12.5. The number of hydrogen-bond acceptors (Lipinski definition) is 5. The summed E-state index contributed by atoms with van der Waals surface area (Å²) in [4.78, 5) is 16.5. The quantitative estimate of drug-likeness (QED) is 0.337. The molecule has 3 rings (SSSR count). The van der Waals surface area contributed by atoms with Crippen molar-refractivity contribution >= 4 is 63.1 Å². The number of benzene rings is 2. The maximum atomic E-state index is 12.5. The van der Waals surface area contributed by atoms with Gasteiger partial charge in [0.25, 0.3) is 4.45 Å². The highest BCUT2D eigenvalue weighted by Crippen LogP contribution is 2.39. The van der Waals surface area contributed by atoms with E-state index in [1.165, 1.54) is 0 Å². The highest BCUT2D eigenvalue weighted by Gasteiger charge is 2.21. The Kier molecular flexibility index (Phi) is 8.14. The molecule has 0 N–H and O–H groups in total. The van der Waals surface area contributed by atoms with Crippen molar-refractivity contribution in [3.05, 3.63) is 87.4 Å². The summed E-state index contributed by atoms with van der Waals surface area (Å²) in [7, 11) is 0. The predicted molar refractivity (Wildman–Crippen MR) is 118 cm³/mol. The summed E-state index contributed by atoms with van der Waals surface area (Å²) in [6, 6.07) is 12.6. The molecule has 0 aliphatic rings. The maximum Gasteiger partial charge on any atom is 0.273 e. The molecule has 0 aliphatic heterocycles. The van der Waals surface area contributed by atoms with Gasteiger partial charge >= 0.3 is 0 Å². The Morgan fingerprint density at radius 1 is 1.11 bits per heavy atom. The molecule has 146 valence electrons. The molecule has 3 aromatic rings. The van der Waals surface area contributed by atoms with E-state index in [0.717, 1.165) is 34.9 Å². The van der Waals surface area contributed by atoms with Crippen LogP contribution in [0.1, 0.15) is 16.4 Å². The van der Waals surface area contributed by atoms with Crippen LogP contribution < -0.4 is 0 Å². The van der Waals surface area contributed by atoms with Gasteiger partial charge in [0.2, 0.25) is 0 Å². The van der Waals surface area contributed by atoms with Crippen molar-refractivity contribution in [2.75, 3.05) is 0 Å². The first-order chi connectivity index (χ1) is 13.5. The molecule has 0 saturated heterocycles. The van der Waals surface area contributed by atoms with Crippen LogP contribution in [-0.2, 0) is 17.3 Å². The van der Waals surface area contributed by atoms with E-state index in [1.807, 2.05) is 29.0 Å². The standard InChI is InChI=1S/C19H15Cl3N2O2S2/c20-14-3-1-13(2-4-14)11-26-28-19(25)27-18(10-24-8-7-23-12-24)16-6-5-15(21)9-17(16)22/h1-9,12,18H,10-11H2. The van der Waals surface area contributed by atoms with Crippen molar-refractivity contribution in [3.63, 3.8) is 0 Å². The lowest BCUT2D eigenvalue weighted by Crippen LogP contribution is -2.07. The van der Waals surface area contributed by atoms with Gasteiger partial charge in [0, 0.05) is 34.0 Å². The van der Waals surface area contributed by atoms with Crippen LogP contribution in [0.15, 0.2) is 61.2 Å². The lowest BCUT2D eigenvalue weighted by molar-refractivity contribution is 0.273. The molecule has 0 bridgehead atoms. The molecule has 1 atom stereocenters. The van der Waals surface area contributed by atoms with E-state index in [0.29, 0.717) is 28.2 Å². The molecule has 1 unspecified atom stereocenters. The number of imidazole rings is 1. The van der Waals surface area contributed by atoms with Gasteiger partial charge in [-0.25, -0.2) is 4.98 Å². The van der Waals surface area contributed by atoms with Crippen molar-refractivity contribution < 1.29 is 8.98 Å². The molecular weight excluding hydrogens is 459 g/mol. The lowest BCUT2D eigenvalue weighted by Gasteiger charge is -2.18. The molecule has 28 heavy (non-hydrogen) atoms. The summed E-state index contributed by atoms with van der Waals surface area (Å²) < 4.78 is 7.21. The van der Waals surface area contributed by atoms with Crippen LogP contribution in [-0.4, -0.2) is 14.0 Å². The third kappa shape index (κ3) is 6.44. The smallest absolute Gasteiger partial charge is 0.273 e. The Balaban J connectivity index is 1.63. The molecular formula is C19H15Cl3N2O2S2. The van der Waals surface area contributed by atoms with E-state index < -0.39 is 0 Å². The number of hydrogen-bond donors (Lipinski definition) is 0. The van der Waals surface area contributed by atoms with Crippen molar-refractivity contribution in [2.24, 2.45) is 0 Å². The minimum atomic E-state index is -0.210. The first-order valence-corrected chi connectivity index (χ1v) is 10.9.